The van der Waals surface area contributed by atoms with E-state index in [1.807, 2.05) is 31.2 Å². The van der Waals surface area contributed by atoms with Crippen LogP contribution in [-0.4, -0.2) is 24.5 Å². The molecule has 0 aromatic heterocycles. The van der Waals surface area contributed by atoms with Crippen molar-refractivity contribution >= 4 is 17.3 Å². The Morgan fingerprint density at radius 3 is 2.34 bits per heavy atom. The number of hydrogen-bond acceptors (Lipinski definition) is 5. The summed E-state index contributed by atoms with van der Waals surface area (Å²) in [5.74, 6) is 0.715. The minimum Gasteiger partial charge on any atom is -0.497 e. The number of amides is 1. The molecular weight excluding hydrogens is 372 g/mol. The summed E-state index contributed by atoms with van der Waals surface area (Å²) in [6.07, 6.45) is 0. The Bertz CT molecular complexity index is 1010. The van der Waals surface area contributed by atoms with E-state index in [1.54, 1.807) is 31.4 Å². The van der Waals surface area contributed by atoms with Gasteiger partial charge in [0.25, 0.3) is 11.6 Å². The Kier molecular flexibility index (Phi) is 6.09. The summed E-state index contributed by atoms with van der Waals surface area (Å²) in [4.78, 5) is 22.9. The fourth-order valence-corrected chi connectivity index (χ4v) is 2.73. The van der Waals surface area contributed by atoms with Crippen molar-refractivity contribution in [2.24, 2.45) is 0 Å². The minimum atomic E-state index is -0.471. The van der Waals surface area contributed by atoms with Crippen molar-refractivity contribution in [3.8, 4) is 22.6 Å². The van der Waals surface area contributed by atoms with Crippen LogP contribution in [0.25, 0.3) is 11.1 Å². The van der Waals surface area contributed by atoms with Gasteiger partial charge < -0.3 is 14.8 Å². The number of carbonyl (C=O) groups excluding carboxylic acids is 1. The molecule has 3 aromatic rings. The molecule has 7 heteroatoms. The number of ether oxygens (including phenoxy) is 2. The van der Waals surface area contributed by atoms with E-state index >= 15 is 0 Å². The number of hydrogen-bond donors (Lipinski definition) is 1. The Morgan fingerprint density at radius 1 is 1.03 bits per heavy atom. The maximum atomic E-state index is 12.2. The van der Waals surface area contributed by atoms with Crippen molar-refractivity contribution in [2.45, 2.75) is 6.92 Å². The van der Waals surface area contributed by atoms with Gasteiger partial charge in [-0.1, -0.05) is 29.8 Å². The number of carbonyl (C=O) groups is 1. The number of anilines is 1. The Balaban J connectivity index is 1.79. The second-order valence-corrected chi connectivity index (χ2v) is 6.37. The topological polar surface area (TPSA) is 90.7 Å². The van der Waals surface area contributed by atoms with Gasteiger partial charge >= 0.3 is 0 Å². The fraction of sp³-hybridized carbons (Fsp3) is 0.136. The largest absolute Gasteiger partial charge is 0.497 e. The SMILES string of the molecule is COc1ccc(-c2cc([N+](=O)[O-])ccc2OCC(=O)Nc2ccc(C)cc2)cc1. The number of rotatable bonds is 7. The molecule has 3 aromatic carbocycles. The molecule has 3 rings (SSSR count). The van der Waals surface area contributed by atoms with E-state index in [0.29, 0.717) is 28.3 Å². The molecule has 0 radical (unpaired) electrons. The minimum absolute atomic E-state index is 0.0627. The molecule has 0 spiro atoms. The predicted octanol–water partition coefficient (Wildman–Crippen LogP) is 4.60. The number of methoxy groups -OCH3 is 1. The van der Waals surface area contributed by atoms with Crippen LogP contribution in [-0.2, 0) is 4.79 Å². The van der Waals surface area contributed by atoms with Crippen LogP contribution in [0.1, 0.15) is 5.56 Å². The van der Waals surface area contributed by atoms with Gasteiger partial charge in [-0.15, -0.1) is 0 Å². The van der Waals surface area contributed by atoms with E-state index in [2.05, 4.69) is 5.32 Å². The first-order chi connectivity index (χ1) is 14.0. The van der Waals surface area contributed by atoms with Gasteiger partial charge in [0.05, 0.1) is 12.0 Å². The van der Waals surface area contributed by atoms with Crippen LogP contribution in [0.5, 0.6) is 11.5 Å². The van der Waals surface area contributed by atoms with Gasteiger partial charge in [-0.3, -0.25) is 14.9 Å². The van der Waals surface area contributed by atoms with Crippen LogP contribution < -0.4 is 14.8 Å². The first-order valence-corrected chi connectivity index (χ1v) is 8.88. The third-order valence-electron chi connectivity index (χ3n) is 4.27. The average Bonchev–Trinajstić information content (AvgIpc) is 2.74. The highest BCUT2D eigenvalue weighted by atomic mass is 16.6. The van der Waals surface area contributed by atoms with Crippen LogP contribution in [0.3, 0.4) is 0 Å². The molecule has 0 fully saturated rings. The normalized spacial score (nSPS) is 10.3. The number of benzene rings is 3. The summed E-state index contributed by atoms with van der Waals surface area (Å²) in [6.45, 7) is 1.73. The number of nitro groups is 1. The summed E-state index contributed by atoms with van der Waals surface area (Å²) >= 11 is 0. The molecule has 0 heterocycles. The van der Waals surface area contributed by atoms with E-state index in [4.69, 9.17) is 9.47 Å². The fourth-order valence-electron chi connectivity index (χ4n) is 2.73. The summed E-state index contributed by atoms with van der Waals surface area (Å²) in [5, 5.41) is 13.9. The molecule has 29 heavy (non-hydrogen) atoms. The summed E-state index contributed by atoms with van der Waals surface area (Å²) in [6, 6.07) is 18.7. The number of aryl methyl sites for hydroxylation is 1. The molecule has 0 atom stereocenters. The lowest BCUT2D eigenvalue weighted by molar-refractivity contribution is -0.384. The van der Waals surface area contributed by atoms with Crippen molar-refractivity contribution in [3.63, 3.8) is 0 Å². The van der Waals surface area contributed by atoms with Gasteiger partial charge in [-0.05, 0) is 42.8 Å². The quantitative estimate of drug-likeness (QED) is 0.469. The highest BCUT2D eigenvalue weighted by Crippen LogP contribution is 2.34. The van der Waals surface area contributed by atoms with Gasteiger partial charge in [0.2, 0.25) is 0 Å². The number of nitro benzene ring substituents is 1. The Morgan fingerprint density at radius 2 is 1.72 bits per heavy atom. The molecule has 0 saturated heterocycles. The highest BCUT2D eigenvalue weighted by Gasteiger charge is 2.15. The van der Waals surface area contributed by atoms with Gasteiger partial charge in [0.1, 0.15) is 11.5 Å². The summed E-state index contributed by atoms with van der Waals surface area (Å²) < 4.78 is 10.8. The van der Waals surface area contributed by atoms with Crippen LogP contribution >= 0.6 is 0 Å². The van der Waals surface area contributed by atoms with Gasteiger partial charge in [-0.2, -0.15) is 0 Å². The Hall–Kier alpha value is -3.87. The maximum Gasteiger partial charge on any atom is 0.270 e. The first kappa shape index (κ1) is 19.9. The smallest absolute Gasteiger partial charge is 0.270 e. The summed E-state index contributed by atoms with van der Waals surface area (Å²) in [7, 11) is 1.56. The van der Waals surface area contributed by atoms with Crippen LogP contribution in [0.4, 0.5) is 11.4 Å². The maximum absolute atomic E-state index is 12.2. The number of non-ortho nitro benzene ring substituents is 1. The standard InChI is InChI=1S/C22H20N2O5/c1-15-3-7-17(8-4-15)23-22(25)14-29-21-12-9-18(24(26)27)13-20(21)16-5-10-19(28-2)11-6-16/h3-13H,14H2,1-2H3,(H,23,25). The van der Waals surface area contributed by atoms with E-state index in [0.717, 1.165) is 5.56 Å². The molecule has 0 unspecified atom stereocenters. The molecule has 1 amide bonds. The molecule has 1 N–H and O–H groups in total. The van der Waals surface area contributed by atoms with E-state index in [-0.39, 0.29) is 18.2 Å². The van der Waals surface area contributed by atoms with E-state index in [9.17, 15) is 14.9 Å². The molecule has 0 aliphatic heterocycles. The number of nitrogens with zero attached hydrogens (tertiary/aromatic N) is 1. The second-order valence-electron chi connectivity index (χ2n) is 6.37. The molecule has 0 bridgehead atoms. The number of nitrogens with one attached hydrogen (secondary N) is 1. The lowest BCUT2D eigenvalue weighted by Crippen LogP contribution is -2.20. The third-order valence-corrected chi connectivity index (χ3v) is 4.27. The van der Waals surface area contributed by atoms with Crippen molar-refractivity contribution in [3.05, 3.63) is 82.4 Å². The molecule has 0 saturated carbocycles. The van der Waals surface area contributed by atoms with Crippen molar-refractivity contribution < 1.29 is 19.2 Å². The zero-order valence-electron chi connectivity index (χ0n) is 16.0. The van der Waals surface area contributed by atoms with Crippen molar-refractivity contribution in [1.29, 1.82) is 0 Å². The van der Waals surface area contributed by atoms with Crippen LogP contribution in [0, 0.1) is 17.0 Å². The van der Waals surface area contributed by atoms with Crippen LogP contribution in [0.15, 0.2) is 66.7 Å². The van der Waals surface area contributed by atoms with E-state index in [1.165, 1.54) is 18.2 Å². The first-order valence-electron chi connectivity index (χ1n) is 8.88. The molecule has 0 aliphatic carbocycles. The zero-order valence-corrected chi connectivity index (χ0v) is 16.0. The van der Waals surface area contributed by atoms with Gasteiger partial charge in [0.15, 0.2) is 6.61 Å². The van der Waals surface area contributed by atoms with Gasteiger partial charge in [-0.25, -0.2) is 0 Å². The zero-order chi connectivity index (χ0) is 20.8. The second kappa shape index (κ2) is 8.88. The molecule has 0 aliphatic rings. The third kappa shape index (κ3) is 5.10. The predicted molar refractivity (Wildman–Crippen MR) is 110 cm³/mol. The van der Waals surface area contributed by atoms with Gasteiger partial charge in [0, 0.05) is 23.4 Å². The lowest BCUT2D eigenvalue weighted by atomic mass is 10.0. The van der Waals surface area contributed by atoms with Crippen molar-refractivity contribution in [1.82, 2.24) is 0 Å². The highest BCUT2D eigenvalue weighted by molar-refractivity contribution is 5.92. The Labute approximate surface area is 168 Å². The van der Waals surface area contributed by atoms with Crippen molar-refractivity contribution in [2.75, 3.05) is 19.0 Å². The molecule has 7 nitrogen and oxygen atoms in total. The van der Waals surface area contributed by atoms with E-state index < -0.39 is 4.92 Å². The summed E-state index contributed by atoms with van der Waals surface area (Å²) in [5.41, 5.74) is 2.93. The monoisotopic (exact) mass is 392 g/mol. The molecular formula is C22H20N2O5. The average molecular weight is 392 g/mol. The lowest BCUT2D eigenvalue weighted by Gasteiger charge is -2.12. The molecule has 148 valence electrons. The van der Waals surface area contributed by atoms with Crippen LogP contribution in [0.2, 0.25) is 0 Å².